The number of fused-ring (bicyclic) bond motifs is 2. The highest BCUT2D eigenvalue weighted by molar-refractivity contribution is 5.97. The van der Waals surface area contributed by atoms with E-state index in [1.54, 1.807) is 0 Å². The molecule has 2 amide bonds. The van der Waals surface area contributed by atoms with E-state index >= 15 is 0 Å². The van der Waals surface area contributed by atoms with Gasteiger partial charge in [0.1, 0.15) is 11.9 Å². The summed E-state index contributed by atoms with van der Waals surface area (Å²) in [7, 11) is 0. The summed E-state index contributed by atoms with van der Waals surface area (Å²) in [6, 6.07) is 7.82. The Bertz CT molecular complexity index is 789. The third-order valence-electron chi connectivity index (χ3n) is 7.95. The van der Waals surface area contributed by atoms with Crippen LogP contribution in [0, 0.1) is 5.92 Å². The summed E-state index contributed by atoms with van der Waals surface area (Å²) in [5.74, 6) is 1.30. The largest absolute Gasteiger partial charge is 0.487 e. The first-order valence-corrected chi connectivity index (χ1v) is 13.5. The fourth-order valence-electron chi connectivity index (χ4n) is 6.02. The van der Waals surface area contributed by atoms with Gasteiger partial charge in [0, 0.05) is 25.6 Å². The molecule has 4 rings (SSSR count). The first kappa shape index (κ1) is 24.1. The van der Waals surface area contributed by atoms with Gasteiger partial charge in [-0.1, -0.05) is 50.7 Å². The van der Waals surface area contributed by atoms with Gasteiger partial charge in [0.15, 0.2) is 0 Å². The summed E-state index contributed by atoms with van der Waals surface area (Å²) in [5, 5.41) is 0. The Hall–Kier alpha value is -2.04. The molecule has 182 valence electrons. The van der Waals surface area contributed by atoms with E-state index in [-0.39, 0.29) is 24.0 Å². The molecule has 2 saturated carbocycles. The summed E-state index contributed by atoms with van der Waals surface area (Å²) in [6.07, 6.45) is 14.1. The van der Waals surface area contributed by atoms with Crippen molar-refractivity contribution in [2.75, 3.05) is 19.6 Å². The van der Waals surface area contributed by atoms with Crippen LogP contribution in [0.25, 0.3) is 0 Å². The zero-order chi connectivity index (χ0) is 23.0. The molecular weight excluding hydrogens is 412 g/mol. The zero-order valence-corrected chi connectivity index (χ0v) is 20.5. The standard InChI is InChI=1S/C28H42N2O3/c1-2-29-20-12-3-4-13-21-30(27(31)22-14-6-5-7-15-22)24-17-9-11-19-26(24)33-25-18-10-8-16-23(25)28(29)32/h8,10,16,18,22,24,26H,2-7,9,11-15,17,19-21H2,1H3/t24-,26+/m1/s1. The van der Waals surface area contributed by atoms with Crippen molar-refractivity contribution in [3.63, 3.8) is 0 Å². The van der Waals surface area contributed by atoms with Crippen LogP contribution in [-0.2, 0) is 4.79 Å². The highest BCUT2D eigenvalue weighted by Crippen LogP contribution is 2.33. The van der Waals surface area contributed by atoms with Crippen LogP contribution < -0.4 is 4.74 Å². The number of benzene rings is 1. The molecule has 3 aliphatic rings. The molecule has 0 unspecified atom stereocenters. The number of nitrogens with zero attached hydrogens (tertiary/aromatic N) is 2. The van der Waals surface area contributed by atoms with E-state index in [0.29, 0.717) is 23.8 Å². The van der Waals surface area contributed by atoms with E-state index in [4.69, 9.17) is 4.74 Å². The summed E-state index contributed by atoms with van der Waals surface area (Å²) in [6.45, 7) is 4.39. The normalized spacial score (nSPS) is 26.0. The Morgan fingerprint density at radius 1 is 0.879 bits per heavy atom. The molecule has 1 aromatic carbocycles. The molecule has 1 heterocycles. The lowest BCUT2D eigenvalue weighted by Crippen LogP contribution is -2.53. The monoisotopic (exact) mass is 454 g/mol. The van der Waals surface area contributed by atoms with Crippen LogP contribution in [0.1, 0.15) is 101 Å². The van der Waals surface area contributed by atoms with Crippen molar-refractivity contribution in [3.05, 3.63) is 29.8 Å². The molecule has 2 fully saturated rings. The number of amides is 2. The molecule has 5 heteroatoms. The van der Waals surface area contributed by atoms with Crippen molar-refractivity contribution in [2.45, 2.75) is 103 Å². The van der Waals surface area contributed by atoms with Crippen molar-refractivity contribution >= 4 is 11.8 Å². The predicted octanol–water partition coefficient (Wildman–Crippen LogP) is 5.82. The maximum Gasteiger partial charge on any atom is 0.257 e. The van der Waals surface area contributed by atoms with Gasteiger partial charge in [0.05, 0.1) is 11.6 Å². The molecule has 33 heavy (non-hydrogen) atoms. The molecule has 0 spiro atoms. The lowest BCUT2D eigenvalue weighted by atomic mass is 9.85. The zero-order valence-electron chi connectivity index (χ0n) is 20.5. The maximum atomic E-state index is 13.7. The summed E-state index contributed by atoms with van der Waals surface area (Å²) < 4.78 is 6.63. The molecular formula is C28H42N2O3. The van der Waals surface area contributed by atoms with E-state index < -0.39 is 0 Å². The van der Waals surface area contributed by atoms with Crippen molar-refractivity contribution in [1.29, 1.82) is 0 Å². The number of ether oxygens (including phenoxy) is 1. The second-order valence-corrected chi connectivity index (χ2v) is 10.2. The van der Waals surface area contributed by atoms with Crippen molar-refractivity contribution in [2.24, 2.45) is 5.92 Å². The molecule has 0 N–H and O–H groups in total. The van der Waals surface area contributed by atoms with Gasteiger partial charge >= 0.3 is 0 Å². The summed E-state index contributed by atoms with van der Waals surface area (Å²) in [5.41, 5.74) is 0.658. The second-order valence-electron chi connectivity index (χ2n) is 10.2. The summed E-state index contributed by atoms with van der Waals surface area (Å²) >= 11 is 0. The topological polar surface area (TPSA) is 49.9 Å². The first-order chi connectivity index (χ1) is 16.2. The minimum atomic E-state index is -0.0433. The Morgan fingerprint density at radius 2 is 1.55 bits per heavy atom. The molecule has 0 aromatic heterocycles. The Kier molecular flexibility index (Phi) is 8.69. The van der Waals surface area contributed by atoms with Crippen LogP contribution >= 0.6 is 0 Å². The van der Waals surface area contributed by atoms with E-state index in [0.717, 1.165) is 77.3 Å². The molecule has 0 radical (unpaired) electrons. The Balaban J connectivity index is 1.63. The number of rotatable bonds is 2. The highest BCUT2D eigenvalue weighted by Gasteiger charge is 2.37. The van der Waals surface area contributed by atoms with Crippen LogP contribution in [-0.4, -0.2) is 53.4 Å². The first-order valence-electron chi connectivity index (χ1n) is 13.5. The number of hydrogen-bond donors (Lipinski definition) is 0. The van der Waals surface area contributed by atoms with E-state index in [9.17, 15) is 9.59 Å². The average molecular weight is 455 g/mol. The molecule has 0 saturated heterocycles. The van der Waals surface area contributed by atoms with Gasteiger partial charge in [0.25, 0.3) is 5.91 Å². The van der Waals surface area contributed by atoms with Crippen LogP contribution in [0.3, 0.4) is 0 Å². The van der Waals surface area contributed by atoms with Gasteiger partial charge in [0.2, 0.25) is 5.91 Å². The molecule has 1 aromatic rings. The third kappa shape index (κ3) is 5.91. The smallest absolute Gasteiger partial charge is 0.257 e. The number of hydrogen-bond acceptors (Lipinski definition) is 3. The number of carbonyl (C=O) groups excluding carboxylic acids is 2. The molecule has 5 nitrogen and oxygen atoms in total. The third-order valence-corrected chi connectivity index (χ3v) is 7.95. The second kappa shape index (κ2) is 11.9. The van der Waals surface area contributed by atoms with Crippen LogP contribution in [0.2, 0.25) is 0 Å². The van der Waals surface area contributed by atoms with Crippen molar-refractivity contribution in [3.8, 4) is 5.75 Å². The minimum absolute atomic E-state index is 0.0433. The highest BCUT2D eigenvalue weighted by atomic mass is 16.5. The van der Waals surface area contributed by atoms with Crippen molar-refractivity contribution < 1.29 is 14.3 Å². The van der Waals surface area contributed by atoms with Gasteiger partial charge in [-0.25, -0.2) is 0 Å². The van der Waals surface area contributed by atoms with E-state index in [2.05, 4.69) is 11.8 Å². The maximum absolute atomic E-state index is 13.7. The Labute approximate surface area is 199 Å². The average Bonchev–Trinajstić information content (AvgIpc) is 2.86. The summed E-state index contributed by atoms with van der Waals surface area (Å²) in [4.78, 5) is 31.3. The molecule has 2 atom stereocenters. The molecule has 1 aliphatic heterocycles. The van der Waals surface area contributed by atoms with E-state index in [1.807, 2.05) is 29.2 Å². The van der Waals surface area contributed by atoms with E-state index in [1.165, 1.54) is 19.3 Å². The van der Waals surface area contributed by atoms with Gasteiger partial charge in [-0.05, 0) is 64.0 Å². The fraction of sp³-hybridized carbons (Fsp3) is 0.714. The van der Waals surface area contributed by atoms with Gasteiger partial charge in [-0.15, -0.1) is 0 Å². The van der Waals surface area contributed by atoms with Crippen LogP contribution in [0.4, 0.5) is 0 Å². The SMILES string of the molecule is CCN1CCCCCCN(C(=O)C2CCCCC2)[C@@H]2CCCC[C@@H]2Oc2ccccc2C1=O. The number of carbonyl (C=O) groups is 2. The lowest BCUT2D eigenvalue weighted by Gasteiger charge is -2.42. The molecule has 2 aliphatic carbocycles. The Morgan fingerprint density at radius 3 is 2.33 bits per heavy atom. The quantitative estimate of drug-likeness (QED) is 0.566. The number of para-hydroxylation sites is 1. The van der Waals surface area contributed by atoms with Gasteiger partial charge in [-0.2, -0.15) is 0 Å². The fourth-order valence-corrected chi connectivity index (χ4v) is 6.02. The van der Waals surface area contributed by atoms with Gasteiger partial charge < -0.3 is 14.5 Å². The van der Waals surface area contributed by atoms with Crippen molar-refractivity contribution in [1.82, 2.24) is 9.80 Å². The lowest BCUT2D eigenvalue weighted by molar-refractivity contribution is -0.142. The molecule has 0 bridgehead atoms. The minimum Gasteiger partial charge on any atom is -0.487 e. The van der Waals surface area contributed by atoms with Crippen LogP contribution in [0.5, 0.6) is 5.75 Å². The van der Waals surface area contributed by atoms with Gasteiger partial charge in [-0.3, -0.25) is 9.59 Å². The van der Waals surface area contributed by atoms with Crippen LogP contribution in [0.15, 0.2) is 24.3 Å². The predicted molar refractivity (Wildman–Crippen MR) is 131 cm³/mol.